The Morgan fingerprint density at radius 2 is 1.46 bits per heavy atom. The van der Waals surface area contributed by atoms with Crippen LogP contribution in [0.4, 0.5) is 0 Å². The molecule has 4 aromatic rings. The molecule has 140 valence electrons. The molecular formula is C21H15ClN2O2S2. The summed E-state index contributed by atoms with van der Waals surface area (Å²) in [5, 5.41) is 6.64. The van der Waals surface area contributed by atoms with Crippen molar-refractivity contribution in [2.24, 2.45) is 5.14 Å². The first kappa shape index (κ1) is 18.8. The molecule has 0 spiro atoms. The summed E-state index contributed by atoms with van der Waals surface area (Å²) >= 11 is 7.88. The summed E-state index contributed by atoms with van der Waals surface area (Å²) in [5.74, 6) is 0. The van der Waals surface area contributed by atoms with Gasteiger partial charge in [0, 0.05) is 11.1 Å². The molecule has 0 radical (unpaired) electrons. The number of sulfonamides is 1. The molecule has 1 heterocycles. The SMILES string of the molecule is NS(=O)(=O)c1ccc(-c2sc(-c3ccccc3Cl)nc2-c2ccccc2)cc1. The molecule has 0 aliphatic rings. The van der Waals surface area contributed by atoms with Crippen molar-refractivity contribution in [2.75, 3.05) is 0 Å². The molecule has 28 heavy (non-hydrogen) atoms. The number of aromatic nitrogens is 1. The highest BCUT2D eigenvalue weighted by atomic mass is 35.5. The molecule has 0 saturated heterocycles. The molecule has 0 unspecified atom stereocenters. The number of hydrogen-bond acceptors (Lipinski definition) is 4. The van der Waals surface area contributed by atoms with E-state index in [1.54, 1.807) is 12.1 Å². The third-order valence-corrected chi connectivity index (χ3v) is 6.62. The fourth-order valence-corrected chi connectivity index (χ4v) is 4.78. The zero-order valence-corrected chi connectivity index (χ0v) is 16.9. The second-order valence-corrected chi connectivity index (χ2v) is 9.08. The van der Waals surface area contributed by atoms with Gasteiger partial charge in [-0.05, 0) is 23.8 Å². The summed E-state index contributed by atoms with van der Waals surface area (Å²) in [4.78, 5) is 5.86. The minimum absolute atomic E-state index is 0.0772. The van der Waals surface area contributed by atoms with Gasteiger partial charge in [-0.15, -0.1) is 11.3 Å². The van der Waals surface area contributed by atoms with Crippen LogP contribution in [0.3, 0.4) is 0 Å². The molecule has 0 amide bonds. The Hall–Kier alpha value is -2.51. The van der Waals surface area contributed by atoms with Gasteiger partial charge in [-0.1, -0.05) is 72.3 Å². The minimum atomic E-state index is -3.74. The molecule has 3 aromatic carbocycles. The molecule has 0 aliphatic heterocycles. The van der Waals surface area contributed by atoms with E-state index in [0.717, 1.165) is 32.3 Å². The number of benzene rings is 3. The van der Waals surface area contributed by atoms with Crippen LogP contribution in [0.5, 0.6) is 0 Å². The molecule has 0 aliphatic carbocycles. The largest absolute Gasteiger partial charge is 0.238 e. The Bertz CT molecular complexity index is 1240. The van der Waals surface area contributed by atoms with Crippen LogP contribution >= 0.6 is 22.9 Å². The van der Waals surface area contributed by atoms with Crippen molar-refractivity contribution in [1.82, 2.24) is 4.98 Å². The number of hydrogen-bond donors (Lipinski definition) is 1. The third-order valence-electron chi connectivity index (χ3n) is 4.22. The number of rotatable bonds is 4. The maximum absolute atomic E-state index is 11.5. The van der Waals surface area contributed by atoms with Crippen LogP contribution in [0.25, 0.3) is 32.3 Å². The lowest BCUT2D eigenvalue weighted by Gasteiger charge is -2.04. The van der Waals surface area contributed by atoms with Crippen molar-refractivity contribution < 1.29 is 8.42 Å². The van der Waals surface area contributed by atoms with Gasteiger partial charge in [-0.2, -0.15) is 0 Å². The van der Waals surface area contributed by atoms with Crippen molar-refractivity contribution >= 4 is 33.0 Å². The minimum Gasteiger partial charge on any atom is -0.235 e. The molecule has 0 fully saturated rings. The van der Waals surface area contributed by atoms with Gasteiger partial charge in [-0.25, -0.2) is 18.5 Å². The van der Waals surface area contributed by atoms with E-state index in [9.17, 15) is 8.42 Å². The average Bonchev–Trinajstić information content (AvgIpc) is 3.14. The normalized spacial score (nSPS) is 11.5. The van der Waals surface area contributed by atoms with Gasteiger partial charge >= 0.3 is 0 Å². The number of primary sulfonamides is 1. The third kappa shape index (κ3) is 3.72. The number of nitrogens with zero attached hydrogens (tertiary/aromatic N) is 1. The van der Waals surface area contributed by atoms with Gasteiger partial charge in [0.25, 0.3) is 0 Å². The first-order chi connectivity index (χ1) is 13.4. The lowest BCUT2D eigenvalue weighted by molar-refractivity contribution is 0.598. The molecule has 1 aromatic heterocycles. The maximum Gasteiger partial charge on any atom is 0.238 e. The second kappa shape index (κ2) is 7.48. The first-order valence-corrected chi connectivity index (χ1v) is 11.1. The fraction of sp³-hybridized carbons (Fsp3) is 0. The maximum atomic E-state index is 11.5. The van der Waals surface area contributed by atoms with Gasteiger partial charge in [0.15, 0.2) is 0 Å². The van der Waals surface area contributed by atoms with Crippen LogP contribution < -0.4 is 5.14 Å². The van der Waals surface area contributed by atoms with E-state index in [1.807, 2.05) is 54.6 Å². The van der Waals surface area contributed by atoms with Crippen molar-refractivity contribution in [3.05, 3.63) is 83.9 Å². The quantitative estimate of drug-likeness (QED) is 0.471. The topological polar surface area (TPSA) is 73.1 Å². The van der Waals surface area contributed by atoms with E-state index in [-0.39, 0.29) is 4.90 Å². The standard InChI is InChI=1S/C21H15ClN2O2S2/c22-18-9-5-4-8-17(18)21-24-19(14-6-2-1-3-7-14)20(27-21)15-10-12-16(13-11-15)28(23,25)26/h1-13H,(H2,23,25,26). The summed E-state index contributed by atoms with van der Waals surface area (Å²) < 4.78 is 23.1. The van der Waals surface area contributed by atoms with Gasteiger partial charge in [-0.3, -0.25) is 0 Å². The Balaban J connectivity index is 1.89. The van der Waals surface area contributed by atoms with Crippen LogP contribution in [0.2, 0.25) is 5.02 Å². The summed E-state index contributed by atoms with van der Waals surface area (Å²) in [6.07, 6.45) is 0. The van der Waals surface area contributed by atoms with Crippen LogP contribution in [-0.2, 0) is 10.0 Å². The van der Waals surface area contributed by atoms with Crippen molar-refractivity contribution in [2.45, 2.75) is 4.90 Å². The van der Waals surface area contributed by atoms with Crippen LogP contribution in [-0.4, -0.2) is 13.4 Å². The average molecular weight is 427 g/mol. The molecule has 4 nitrogen and oxygen atoms in total. The first-order valence-electron chi connectivity index (χ1n) is 8.38. The van der Waals surface area contributed by atoms with Gasteiger partial charge in [0.1, 0.15) is 5.01 Å². The van der Waals surface area contributed by atoms with Crippen molar-refractivity contribution in [3.63, 3.8) is 0 Å². The summed E-state index contributed by atoms with van der Waals surface area (Å²) in [6.45, 7) is 0. The Labute approximate surface area is 172 Å². The number of thiazole rings is 1. The lowest BCUT2D eigenvalue weighted by Crippen LogP contribution is -2.11. The van der Waals surface area contributed by atoms with E-state index in [4.69, 9.17) is 21.7 Å². The van der Waals surface area contributed by atoms with Crippen molar-refractivity contribution in [3.8, 4) is 32.3 Å². The molecule has 0 atom stereocenters. The van der Waals surface area contributed by atoms with Crippen LogP contribution in [0.1, 0.15) is 0 Å². The highest BCUT2D eigenvalue weighted by Gasteiger charge is 2.18. The highest BCUT2D eigenvalue weighted by molar-refractivity contribution is 7.89. The predicted molar refractivity (Wildman–Crippen MR) is 115 cm³/mol. The zero-order chi connectivity index (χ0) is 19.7. The number of halogens is 1. The monoisotopic (exact) mass is 426 g/mol. The predicted octanol–water partition coefficient (Wildman–Crippen LogP) is 5.44. The summed E-state index contributed by atoms with van der Waals surface area (Å²) in [6, 6.07) is 23.9. The van der Waals surface area contributed by atoms with Crippen LogP contribution in [0, 0.1) is 0 Å². The molecule has 2 N–H and O–H groups in total. The zero-order valence-electron chi connectivity index (χ0n) is 14.5. The Morgan fingerprint density at radius 1 is 0.821 bits per heavy atom. The Kier molecular flexibility index (Phi) is 5.03. The molecular weight excluding hydrogens is 412 g/mol. The van der Waals surface area contributed by atoms with E-state index >= 15 is 0 Å². The molecule has 7 heteroatoms. The Morgan fingerprint density at radius 3 is 2.11 bits per heavy atom. The van der Waals surface area contributed by atoms with Gasteiger partial charge < -0.3 is 0 Å². The van der Waals surface area contributed by atoms with E-state index in [0.29, 0.717) is 5.02 Å². The second-order valence-electron chi connectivity index (χ2n) is 6.11. The van der Waals surface area contributed by atoms with Gasteiger partial charge in [0.05, 0.1) is 20.5 Å². The number of nitrogens with two attached hydrogens (primary N) is 1. The van der Waals surface area contributed by atoms with E-state index in [2.05, 4.69) is 0 Å². The van der Waals surface area contributed by atoms with E-state index < -0.39 is 10.0 Å². The van der Waals surface area contributed by atoms with E-state index in [1.165, 1.54) is 23.5 Å². The lowest BCUT2D eigenvalue weighted by atomic mass is 10.1. The van der Waals surface area contributed by atoms with Crippen LogP contribution in [0.15, 0.2) is 83.8 Å². The summed E-state index contributed by atoms with van der Waals surface area (Å²) in [7, 11) is -3.74. The molecule has 4 rings (SSSR count). The molecule has 0 bridgehead atoms. The van der Waals surface area contributed by atoms with Crippen molar-refractivity contribution in [1.29, 1.82) is 0 Å². The highest BCUT2D eigenvalue weighted by Crippen LogP contribution is 2.42. The fourth-order valence-electron chi connectivity index (χ4n) is 2.85. The molecule has 0 saturated carbocycles. The smallest absolute Gasteiger partial charge is 0.235 e. The summed E-state index contributed by atoms with van der Waals surface area (Å²) in [5.41, 5.74) is 3.52. The van der Waals surface area contributed by atoms with Gasteiger partial charge in [0.2, 0.25) is 10.0 Å².